The van der Waals surface area contributed by atoms with Crippen molar-refractivity contribution in [2.45, 2.75) is 24.4 Å². The minimum absolute atomic E-state index is 0.00873. The van der Waals surface area contributed by atoms with E-state index >= 15 is 0 Å². The molecule has 0 aliphatic rings. The molecule has 0 radical (unpaired) electrons. The summed E-state index contributed by atoms with van der Waals surface area (Å²) in [5.74, 6) is 2.14. The molecule has 0 unspecified atom stereocenters. The molecular weight excluding hydrogens is 298 g/mol. The molecule has 6 heteroatoms. The van der Waals surface area contributed by atoms with Crippen molar-refractivity contribution in [2.24, 2.45) is 7.05 Å². The molecule has 0 saturated carbocycles. The smallest absolute Gasteiger partial charge is 0.226 e. The molecule has 1 N–H and O–H groups in total. The van der Waals surface area contributed by atoms with E-state index in [1.165, 1.54) is 0 Å². The van der Waals surface area contributed by atoms with Crippen LogP contribution in [0.1, 0.15) is 17.1 Å². The third kappa shape index (κ3) is 2.93. The van der Waals surface area contributed by atoms with Crippen molar-refractivity contribution in [3.8, 4) is 11.5 Å². The second kappa shape index (κ2) is 6.37. The van der Waals surface area contributed by atoms with Gasteiger partial charge in [0.1, 0.15) is 5.76 Å². The maximum Gasteiger partial charge on any atom is 0.226 e. The summed E-state index contributed by atoms with van der Waals surface area (Å²) in [7, 11) is 1.89. The summed E-state index contributed by atoms with van der Waals surface area (Å²) in [6, 6.07) is 9.86. The number of aliphatic hydroxyl groups excluding tert-OH is 1. The van der Waals surface area contributed by atoms with Crippen LogP contribution in [0.15, 0.2) is 46.1 Å². The Morgan fingerprint density at radius 1 is 1.27 bits per heavy atom. The fourth-order valence-electron chi connectivity index (χ4n) is 2.11. The Morgan fingerprint density at radius 3 is 2.73 bits per heavy atom. The highest BCUT2D eigenvalue weighted by Crippen LogP contribution is 2.27. The number of aryl methyl sites for hydroxylation is 1. The zero-order valence-corrected chi connectivity index (χ0v) is 13.3. The zero-order chi connectivity index (χ0) is 15.5. The Bertz CT molecular complexity index is 765. The lowest BCUT2D eigenvalue weighted by Gasteiger charge is -2.02. The molecule has 0 amide bonds. The third-order valence-electron chi connectivity index (χ3n) is 3.46. The number of aromatic nitrogens is 3. The van der Waals surface area contributed by atoms with E-state index in [1.54, 1.807) is 18.0 Å². The molecule has 3 aromatic rings. The number of hydrogen-bond acceptors (Lipinski definition) is 5. The van der Waals surface area contributed by atoms with E-state index in [4.69, 9.17) is 4.42 Å². The van der Waals surface area contributed by atoms with Crippen LogP contribution in [0.3, 0.4) is 0 Å². The summed E-state index contributed by atoms with van der Waals surface area (Å²) in [6.07, 6.45) is 1.69. The predicted octanol–water partition coefficient (Wildman–Crippen LogP) is 3.17. The molecule has 2 aromatic heterocycles. The molecule has 0 saturated heterocycles. The molecule has 0 bridgehead atoms. The van der Waals surface area contributed by atoms with Gasteiger partial charge in [-0.3, -0.25) is 0 Å². The highest BCUT2D eigenvalue weighted by atomic mass is 32.2. The van der Waals surface area contributed by atoms with Gasteiger partial charge in [-0.25, -0.2) is 9.97 Å². The van der Waals surface area contributed by atoms with Crippen LogP contribution >= 0.6 is 11.8 Å². The summed E-state index contributed by atoms with van der Waals surface area (Å²) in [4.78, 5) is 8.88. The van der Waals surface area contributed by atoms with Gasteiger partial charge in [0.05, 0.1) is 24.2 Å². The molecule has 0 fully saturated rings. The monoisotopic (exact) mass is 315 g/mol. The first-order valence-corrected chi connectivity index (χ1v) is 7.93. The second-order valence-corrected chi connectivity index (χ2v) is 5.87. The average Bonchev–Trinajstić information content (AvgIpc) is 3.09. The van der Waals surface area contributed by atoms with Crippen molar-refractivity contribution in [3.05, 3.63) is 53.7 Å². The fraction of sp³-hybridized carbons (Fsp3) is 0.250. The van der Waals surface area contributed by atoms with E-state index in [-0.39, 0.29) is 6.61 Å². The highest BCUT2D eigenvalue weighted by molar-refractivity contribution is 7.98. The number of oxazole rings is 1. The van der Waals surface area contributed by atoms with Gasteiger partial charge >= 0.3 is 0 Å². The molecule has 1 aromatic carbocycles. The van der Waals surface area contributed by atoms with Crippen molar-refractivity contribution in [3.63, 3.8) is 0 Å². The predicted molar refractivity (Wildman–Crippen MR) is 85.4 cm³/mol. The minimum atomic E-state index is -0.00873. The van der Waals surface area contributed by atoms with E-state index in [9.17, 15) is 5.11 Å². The van der Waals surface area contributed by atoms with Crippen LogP contribution in [0.25, 0.3) is 11.5 Å². The summed E-state index contributed by atoms with van der Waals surface area (Å²) >= 11 is 1.58. The van der Waals surface area contributed by atoms with Crippen LogP contribution in [0.2, 0.25) is 0 Å². The quantitative estimate of drug-likeness (QED) is 0.733. The first kappa shape index (κ1) is 14.9. The lowest BCUT2D eigenvalue weighted by molar-refractivity contribution is 0.271. The number of nitrogens with zero attached hydrogens (tertiary/aromatic N) is 3. The number of imidazole rings is 1. The second-order valence-electron chi connectivity index (χ2n) is 4.93. The summed E-state index contributed by atoms with van der Waals surface area (Å²) in [6.45, 7) is 1.91. The third-order valence-corrected chi connectivity index (χ3v) is 4.51. The lowest BCUT2D eigenvalue weighted by Crippen LogP contribution is -1.97. The van der Waals surface area contributed by atoms with Gasteiger partial charge < -0.3 is 14.1 Å². The van der Waals surface area contributed by atoms with Crippen molar-refractivity contribution in [1.82, 2.24) is 14.5 Å². The molecule has 0 aliphatic heterocycles. The first-order chi connectivity index (χ1) is 10.7. The molecule has 0 spiro atoms. The van der Waals surface area contributed by atoms with Crippen LogP contribution < -0.4 is 0 Å². The Balaban J connectivity index is 1.76. The van der Waals surface area contributed by atoms with Gasteiger partial charge in [0, 0.05) is 18.4 Å². The number of hydrogen-bond donors (Lipinski definition) is 1. The summed E-state index contributed by atoms with van der Waals surface area (Å²) in [5, 5.41) is 10.0. The SMILES string of the molecule is Cc1oc(-c2ccccc2)nc1CSc1ncc(CO)n1C. The Kier molecular flexibility index (Phi) is 4.31. The number of rotatable bonds is 5. The van der Waals surface area contributed by atoms with E-state index in [0.29, 0.717) is 11.6 Å². The lowest BCUT2D eigenvalue weighted by atomic mass is 10.2. The minimum Gasteiger partial charge on any atom is -0.441 e. The van der Waals surface area contributed by atoms with Crippen molar-refractivity contribution < 1.29 is 9.52 Å². The maximum atomic E-state index is 9.19. The normalized spacial score (nSPS) is 11.0. The largest absolute Gasteiger partial charge is 0.441 e. The number of aliphatic hydroxyl groups is 1. The van der Waals surface area contributed by atoms with Crippen LogP contribution in [0, 0.1) is 6.92 Å². The maximum absolute atomic E-state index is 9.19. The van der Waals surface area contributed by atoms with Crippen LogP contribution in [-0.4, -0.2) is 19.6 Å². The molecule has 22 heavy (non-hydrogen) atoms. The zero-order valence-electron chi connectivity index (χ0n) is 12.5. The topological polar surface area (TPSA) is 64.1 Å². The Hall–Kier alpha value is -2.05. The number of benzene rings is 1. The van der Waals surface area contributed by atoms with Crippen LogP contribution in [0.4, 0.5) is 0 Å². The number of thioether (sulfide) groups is 1. The van der Waals surface area contributed by atoms with Gasteiger partial charge in [0.25, 0.3) is 0 Å². The average molecular weight is 315 g/mol. The Morgan fingerprint density at radius 2 is 2.05 bits per heavy atom. The van der Waals surface area contributed by atoms with Crippen molar-refractivity contribution >= 4 is 11.8 Å². The van der Waals surface area contributed by atoms with E-state index in [1.807, 2.05) is 48.9 Å². The molecular formula is C16H17N3O2S. The van der Waals surface area contributed by atoms with Crippen LogP contribution in [-0.2, 0) is 19.4 Å². The van der Waals surface area contributed by atoms with E-state index in [2.05, 4.69) is 9.97 Å². The van der Waals surface area contributed by atoms with E-state index in [0.717, 1.165) is 27.9 Å². The fourth-order valence-corrected chi connectivity index (χ4v) is 3.08. The molecule has 0 aliphatic carbocycles. The molecule has 5 nitrogen and oxygen atoms in total. The van der Waals surface area contributed by atoms with Gasteiger partial charge in [-0.1, -0.05) is 30.0 Å². The summed E-state index contributed by atoms with van der Waals surface area (Å²) < 4.78 is 7.64. The van der Waals surface area contributed by atoms with Gasteiger partial charge in [-0.05, 0) is 19.1 Å². The van der Waals surface area contributed by atoms with Crippen LogP contribution in [0.5, 0.6) is 0 Å². The molecule has 3 rings (SSSR count). The Labute approximate surface area is 133 Å². The van der Waals surface area contributed by atoms with Gasteiger partial charge in [0.15, 0.2) is 5.16 Å². The van der Waals surface area contributed by atoms with E-state index < -0.39 is 0 Å². The summed E-state index contributed by atoms with van der Waals surface area (Å²) in [5.41, 5.74) is 2.68. The molecule has 2 heterocycles. The standard InChI is InChI=1S/C16H17N3O2S/c1-11-14(10-22-16-17-8-13(9-20)19(16)2)18-15(21-11)12-6-4-3-5-7-12/h3-8,20H,9-10H2,1-2H3. The highest BCUT2D eigenvalue weighted by Gasteiger charge is 2.13. The first-order valence-electron chi connectivity index (χ1n) is 6.95. The van der Waals surface area contributed by atoms with Gasteiger partial charge in [-0.2, -0.15) is 0 Å². The van der Waals surface area contributed by atoms with Crippen molar-refractivity contribution in [1.29, 1.82) is 0 Å². The van der Waals surface area contributed by atoms with Gasteiger partial charge in [0.2, 0.25) is 5.89 Å². The molecule has 0 atom stereocenters. The van der Waals surface area contributed by atoms with Crippen molar-refractivity contribution in [2.75, 3.05) is 0 Å². The molecule has 114 valence electrons. The van der Waals surface area contributed by atoms with Gasteiger partial charge in [-0.15, -0.1) is 0 Å².